The molecule has 1 aromatic heterocycles. The minimum Gasteiger partial charge on any atom is -0.496 e. The Bertz CT molecular complexity index is 688. The van der Waals surface area contributed by atoms with Crippen LogP contribution in [0.3, 0.4) is 0 Å². The lowest BCUT2D eigenvalue weighted by molar-refractivity contribution is 0.0686. The van der Waals surface area contributed by atoms with Gasteiger partial charge in [0, 0.05) is 24.5 Å². The fraction of sp³-hybridized carbons (Fsp3) is 0.143. The van der Waals surface area contributed by atoms with Gasteiger partial charge in [0.2, 0.25) is 0 Å². The van der Waals surface area contributed by atoms with Crippen LogP contribution in [0.5, 0.6) is 5.75 Å². The Morgan fingerprint density at radius 2 is 2.05 bits per heavy atom. The molecule has 0 fully saturated rings. The van der Waals surface area contributed by atoms with E-state index in [-0.39, 0.29) is 28.3 Å². The minimum absolute atomic E-state index is 0.0295. The van der Waals surface area contributed by atoms with Crippen LogP contribution in [0.1, 0.15) is 26.4 Å². The lowest BCUT2D eigenvalue weighted by atomic mass is 10.0. The van der Waals surface area contributed by atoms with Gasteiger partial charge in [0.15, 0.2) is 5.78 Å². The molecule has 0 amide bonds. The summed E-state index contributed by atoms with van der Waals surface area (Å²) < 4.78 is 6.51. The van der Waals surface area contributed by atoms with Gasteiger partial charge in [-0.25, -0.2) is 4.79 Å². The molecule has 0 atom stereocenters. The van der Waals surface area contributed by atoms with Crippen molar-refractivity contribution < 1.29 is 19.4 Å². The molecule has 1 aromatic carbocycles. The molecule has 0 aliphatic heterocycles. The van der Waals surface area contributed by atoms with Crippen LogP contribution in [0, 0.1) is 0 Å². The Morgan fingerprint density at radius 1 is 1.35 bits per heavy atom. The number of hydrogen-bond donors (Lipinski definition) is 2. The quantitative estimate of drug-likeness (QED) is 0.651. The summed E-state index contributed by atoms with van der Waals surface area (Å²) in [7, 11) is 3.01. The van der Waals surface area contributed by atoms with Gasteiger partial charge < -0.3 is 20.1 Å². The molecule has 1 heterocycles. The standard InChI is InChI=1S/C14H14N2O4/c1-16-7-8(6-10(16)14(18)19)13(17)12-9(15)4-3-5-11(12)20-2/h3-7H,15H2,1-2H3,(H,18,19). The Labute approximate surface area is 115 Å². The van der Waals surface area contributed by atoms with E-state index in [4.69, 9.17) is 15.6 Å². The summed E-state index contributed by atoms with van der Waals surface area (Å²) >= 11 is 0. The smallest absolute Gasteiger partial charge is 0.352 e. The van der Waals surface area contributed by atoms with Gasteiger partial charge in [0.05, 0.1) is 12.7 Å². The molecule has 2 rings (SSSR count). The summed E-state index contributed by atoms with van der Waals surface area (Å²) in [5.41, 5.74) is 6.62. The molecule has 104 valence electrons. The van der Waals surface area contributed by atoms with Gasteiger partial charge in [-0.15, -0.1) is 0 Å². The van der Waals surface area contributed by atoms with E-state index in [9.17, 15) is 9.59 Å². The molecule has 6 nitrogen and oxygen atoms in total. The molecule has 6 heteroatoms. The van der Waals surface area contributed by atoms with Crippen LogP contribution in [-0.2, 0) is 7.05 Å². The van der Waals surface area contributed by atoms with Crippen LogP contribution in [0.2, 0.25) is 0 Å². The number of hydrogen-bond acceptors (Lipinski definition) is 4. The molecule has 20 heavy (non-hydrogen) atoms. The summed E-state index contributed by atoms with van der Waals surface area (Å²) in [5, 5.41) is 9.01. The highest BCUT2D eigenvalue weighted by Gasteiger charge is 2.21. The fourth-order valence-electron chi connectivity index (χ4n) is 2.01. The number of carbonyl (C=O) groups excluding carboxylic acids is 1. The number of nitrogens with two attached hydrogens (primary N) is 1. The number of carboxylic acids is 1. The normalized spacial score (nSPS) is 10.3. The molecule has 2 aromatic rings. The maximum atomic E-state index is 12.5. The summed E-state index contributed by atoms with van der Waals surface area (Å²) in [5.74, 6) is -1.11. The average Bonchev–Trinajstić information content (AvgIpc) is 2.80. The van der Waals surface area contributed by atoms with Gasteiger partial charge in [-0.05, 0) is 18.2 Å². The fourth-order valence-corrected chi connectivity index (χ4v) is 2.01. The van der Waals surface area contributed by atoms with E-state index in [0.29, 0.717) is 5.75 Å². The second kappa shape index (κ2) is 5.08. The zero-order valence-corrected chi connectivity index (χ0v) is 11.1. The number of aromatic nitrogens is 1. The number of carboxylic acid groups (broad SMARTS) is 1. The van der Waals surface area contributed by atoms with Crippen molar-refractivity contribution in [3.63, 3.8) is 0 Å². The third-order valence-electron chi connectivity index (χ3n) is 2.99. The first-order valence-electron chi connectivity index (χ1n) is 5.82. The molecule has 0 saturated heterocycles. The molecule has 3 N–H and O–H groups in total. The zero-order valence-electron chi connectivity index (χ0n) is 11.1. The van der Waals surface area contributed by atoms with Gasteiger partial charge in [-0.1, -0.05) is 6.07 Å². The predicted octanol–water partition coefficient (Wildman–Crippen LogP) is 1.55. The number of anilines is 1. The van der Waals surface area contributed by atoms with Crippen LogP contribution in [0.25, 0.3) is 0 Å². The minimum atomic E-state index is -1.10. The SMILES string of the molecule is COc1cccc(N)c1C(=O)c1cc(C(=O)O)n(C)c1. The monoisotopic (exact) mass is 274 g/mol. The second-order valence-corrected chi connectivity index (χ2v) is 4.28. The van der Waals surface area contributed by atoms with E-state index in [1.165, 1.54) is 23.9 Å². The zero-order chi connectivity index (χ0) is 14.9. The van der Waals surface area contributed by atoms with E-state index in [0.717, 1.165) is 0 Å². The molecule has 0 spiro atoms. The van der Waals surface area contributed by atoms with Crippen LogP contribution < -0.4 is 10.5 Å². The summed E-state index contributed by atoms with van der Waals surface area (Å²) in [4.78, 5) is 23.5. The largest absolute Gasteiger partial charge is 0.496 e. The van der Waals surface area contributed by atoms with Crippen molar-refractivity contribution >= 4 is 17.4 Å². The predicted molar refractivity (Wildman–Crippen MR) is 73.2 cm³/mol. The second-order valence-electron chi connectivity index (χ2n) is 4.28. The van der Waals surface area contributed by atoms with Crippen molar-refractivity contribution in [3.8, 4) is 5.75 Å². The highest BCUT2D eigenvalue weighted by atomic mass is 16.5. The van der Waals surface area contributed by atoms with Crippen molar-refractivity contribution in [2.24, 2.45) is 7.05 Å². The molecule has 0 unspecified atom stereocenters. The van der Waals surface area contributed by atoms with Crippen LogP contribution in [0.15, 0.2) is 30.5 Å². The van der Waals surface area contributed by atoms with Crippen LogP contribution in [-0.4, -0.2) is 28.5 Å². The molecule has 0 saturated carbocycles. The van der Waals surface area contributed by atoms with E-state index >= 15 is 0 Å². The first kappa shape index (κ1) is 13.7. The Morgan fingerprint density at radius 3 is 2.60 bits per heavy atom. The van der Waals surface area contributed by atoms with E-state index in [2.05, 4.69) is 0 Å². The number of methoxy groups -OCH3 is 1. The van der Waals surface area contributed by atoms with Crippen molar-refractivity contribution in [2.45, 2.75) is 0 Å². The van der Waals surface area contributed by atoms with Gasteiger partial charge in [-0.3, -0.25) is 4.79 Å². The highest BCUT2D eigenvalue weighted by molar-refractivity contribution is 6.14. The lowest BCUT2D eigenvalue weighted by Crippen LogP contribution is -2.07. The van der Waals surface area contributed by atoms with E-state index < -0.39 is 5.97 Å². The highest BCUT2D eigenvalue weighted by Crippen LogP contribution is 2.27. The number of carbonyl (C=O) groups is 2. The van der Waals surface area contributed by atoms with Crippen molar-refractivity contribution in [1.29, 1.82) is 0 Å². The van der Waals surface area contributed by atoms with Crippen molar-refractivity contribution in [3.05, 3.63) is 47.3 Å². The topological polar surface area (TPSA) is 94.6 Å². The maximum absolute atomic E-state index is 12.5. The van der Waals surface area contributed by atoms with Crippen LogP contribution in [0.4, 0.5) is 5.69 Å². The first-order valence-corrected chi connectivity index (χ1v) is 5.82. The summed E-state index contributed by atoms with van der Waals surface area (Å²) in [6.07, 6.45) is 1.46. The van der Waals surface area contributed by atoms with E-state index in [1.54, 1.807) is 25.2 Å². The van der Waals surface area contributed by atoms with Crippen LogP contribution >= 0.6 is 0 Å². The van der Waals surface area contributed by atoms with Crippen molar-refractivity contribution in [1.82, 2.24) is 4.57 Å². The maximum Gasteiger partial charge on any atom is 0.352 e. The van der Waals surface area contributed by atoms with Gasteiger partial charge >= 0.3 is 5.97 Å². The lowest BCUT2D eigenvalue weighted by Gasteiger charge is -2.09. The first-order chi connectivity index (χ1) is 9.45. The van der Waals surface area contributed by atoms with Gasteiger partial charge in [-0.2, -0.15) is 0 Å². The molecule has 0 aliphatic rings. The Kier molecular flexibility index (Phi) is 3.47. The number of nitrogens with zero attached hydrogens (tertiary/aromatic N) is 1. The third kappa shape index (κ3) is 2.23. The number of ether oxygens (including phenoxy) is 1. The van der Waals surface area contributed by atoms with E-state index in [1.807, 2.05) is 0 Å². The number of ketones is 1. The number of nitrogen functional groups attached to an aromatic ring is 1. The number of aromatic carboxylic acids is 1. The molecule has 0 bridgehead atoms. The Hall–Kier alpha value is -2.76. The molecular formula is C14H14N2O4. The average molecular weight is 274 g/mol. The summed E-state index contributed by atoms with van der Waals surface area (Å²) in [6.45, 7) is 0. The van der Waals surface area contributed by atoms with Crippen molar-refractivity contribution in [2.75, 3.05) is 12.8 Å². The third-order valence-corrected chi connectivity index (χ3v) is 2.99. The number of benzene rings is 1. The number of rotatable bonds is 4. The van der Waals surface area contributed by atoms with Gasteiger partial charge in [0.25, 0.3) is 0 Å². The molecule has 0 aliphatic carbocycles. The number of aryl methyl sites for hydroxylation is 1. The van der Waals surface area contributed by atoms with Gasteiger partial charge in [0.1, 0.15) is 11.4 Å². The Balaban J connectivity index is 2.52. The summed E-state index contributed by atoms with van der Waals surface area (Å²) in [6, 6.07) is 6.22. The molecule has 0 radical (unpaired) electrons. The molecular weight excluding hydrogens is 260 g/mol.